The molecule has 1 aliphatic heterocycles. The summed E-state index contributed by atoms with van der Waals surface area (Å²) in [5.74, 6) is -0.0869. The van der Waals surface area contributed by atoms with Crippen LogP contribution in [0.2, 0.25) is 0 Å². The molecule has 0 saturated heterocycles. The number of fused-ring (bicyclic) bond motifs is 1. The summed E-state index contributed by atoms with van der Waals surface area (Å²) in [6.45, 7) is 7.37. The molecule has 1 aliphatic rings. The van der Waals surface area contributed by atoms with E-state index < -0.39 is 0 Å². The number of pyridine rings is 1. The number of carbonyl (C=O) groups excluding carboxylic acids is 1. The van der Waals surface area contributed by atoms with E-state index >= 15 is 0 Å². The normalized spacial score (nSPS) is 14.6. The van der Waals surface area contributed by atoms with Crippen molar-refractivity contribution in [2.45, 2.75) is 13.8 Å². The number of nitrogens with zero attached hydrogens (tertiary/aromatic N) is 2. The molecule has 2 rings (SSSR count). The fourth-order valence-electron chi connectivity index (χ4n) is 2.13. The fourth-order valence-corrected chi connectivity index (χ4v) is 2.13. The second kappa shape index (κ2) is 3.07. The van der Waals surface area contributed by atoms with E-state index in [4.69, 9.17) is 0 Å². The predicted octanol–water partition coefficient (Wildman–Crippen LogP) is 1.06. The van der Waals surface area contributed by atoms with Crippen LogP contribution in [0.4, 0.5) is 0 Å². The van der Waals surface area contributed by atoms with Crippen molar-refractivity contribution in [2.75, 3.05) is 7.05 Å². The van der Waals surface area contributed by atoms with Crippen LogP contribution in [-0.2, 0) is 7.05 Å². The lowest BCUT2D eigenvalue weighted by Gasteiger charge is -2.10. The van der Waals surface area contributed by atoms with E-state index in [1.807, 2.05) is 0 Å². The van der Waals surface area contributed by atoms with Crippen LogP contribution in [0.15, 0.2) is 11.4 Å². The van der Waals surface area contributed by atoms with Crippen LogP contribution >= 0.6 is 0 Å². The van der Waals surface area contributed by atoms with Gasteiger partial charge in [-0.2, -0.15) is 0 Å². The highest BCUT2D eigenvalue weighted by Crippen LogP contribution is 2.32. The lowest BCUT2D eigenvalue weighted by Crippen LogP contribution is -2.25. The Bertz CT molecular complexity index is 582. The van der Waals surface area contributed by atoms with Crippen molar-refractivity contribution in [3.8, 4) is 0 Å². The minimum Gasteiger partial charge on any atom is -0.315 e. The van der Waals surface area contributed by atoms with Gasteiger partial charge < -0.3 is 9.47 Å². The maximum absolute atomic E-state index is 12.0. The molecule has 1 aromatic heterocycles. The Morgan fingerprint density at radius 3 is 2.19 bits per heavy atom. The van der Waals surface area contributed by atoms with E-state index in [9.17, 15) is 9.59 Å². The van der Waals surface area contributed by atoms with Crippen LogP contribution in [0.1, 0.15) is 27.2 Å². The average molecular weight is 218 g/mol. The Labute approximate surface area is 93.8 Å². The quantitative estimate of drug-likeness (QED) is 0.653. The predicted molar refractivity (Wildman–Crippen MR) is 62.3 cm³/mol. The van der Waals surface area contributed by atoms with Gasteiger partial charge in [0, 0.05) is 36.6 Å². The van der Waals surface area contributed by atoms with Crippen molar-refractivity contribution >= 4 is 11.6 Å². The van der Waals surface area contributed by atoms with Gasteiger partial charge in [-0.15, -0.1) is 0 Å². The number of hydrogen-bond acceptors (Lipinski definition) is 2. The van der Waals surface area contributed by atoms with Crippen molar-refractivity contribution in [3.05, 3.63) is 39.3 Å². The lowest BCUT2D eigenvalue weighted by molar-refractivity contribution is 0.0873. The van der Waals surface area contributed by atoms with Crippen LogP contribution in [0.25, 0.3) is 5.70 Å². The molecule has 0 saturated carbocycles. The van der Waals surface area contributed by atoms with Crippen LogP contribution in [0.3, 0.4) is 0 Å². The van der Waals surface area contributed by atoms with Crippen molar-refractivity contribution in [1.29, 1.82) is 0 Å². The third-order valence-corrected chi connectivity index (χ3v) is 3.33. The summed E-state index contributed by atoms with van der Waals surface area (Å²) in [7, 11) is 3.35. The molecule has 0 atom stereocenters. The SMILES string of the molecule is C=C1c2c(c(C)n(C)c(=O)c2C)C(=O)N1C. The van der Waals surface area contributed by atoms with E-state index in [2.05, 4.69) is 6.58 Å². The highest BCUT2D eigenvalue weighted by Gasteiger charge is 2.33. The summed E-state index contributed by atoms with van der Waals surface area (Å²) >= 11 is 0. The second-order valence-electron chi connectivity index (χ2n) is 4.14. The molecule has 1 amide bonds. The molecule has 4 heteroatoms. The van der Waals surface area contributed by atoms with Gasteiger partial charge in [0.15, 0.2) is 0 Å². The van der Waals surface area contributed by atoms with Gasteiger partial charge in [0.2, 0.25) is 0 Å². The van der Waals surface area contributed by atoms with Gasteiger partial charge in [0.05, 0.1) is 5.56 Å². The summed E-state index contributed by atoms with van der Waals surface area (Å²) in [6.07, 6.45) is 0. The molecule has 0 spiro atoms. The molecule has 16 heavy (non-hydrogen) atoms. The lowest BCUT2D eigenvalue weighted by atomic mass is 10.0. The Hall–Kier alpha value is -1.84. The monoisotopic (exact) mass is 218 g/mol. The second-order valence-corrected chi connectivity index (χ2v) is 4.14. The molecular weight excluding hydrogens is 204 g/mol. The smallest absolute Gasteiger partial charge is 0.260 e. The van der Waals surface area contributed by atoms with Gasteiger partial charge in [-0.1, -0.05) is 6.58 Å². The summed E-state index contributed by atoms with van der Waals surface area (Å²) in [6, 6.07) is 0. The molecular formula is C12H14N2O2. The maximum atomic E-state index is 12.0. The Kier molecular flexibility index (Phi) is 2.05. The standard InChI is InChI=1S/C12H14N2O2/c1-6-9-7(2)14(5)12(16)10(9)8(3)13(4)11(6)15/h2H2,1,3-5H3. The largest absolute Gasteiger partial charge is 0.315 e. The molecule has 0 radical (unpaired) electrons. The minimum absolute atomic E-state index is 0.0690. The molecule has 0 aromatic carbocycles. The van der Waals surface area contributed by atoms with Gasteiger partial charge in [0.25, 0.3) is 11.5 Å². The van der Waals surface area contributed by atoms with E-state index in [0.717, 1.165) is 0 Å². The maximum Gasteiger partial charge on any atom is 0.260 e. The minimum atomic E-state index is -0.0869. The molecule has 0 N–H and O–H groups in total. The number of aromatic nitrogens is 1. The number of carbonyl (C=O) groups is 1. The van der Waals surface area contributed by atoms with Gasteiger partial charge in [-0.25, -0.2) is 0 Å². The highest BCUT2D eigenvalue weighted by atomic mass is 16.2. The Morgan fingerprint density at radius 1 is 1.06 bits per heavy atom. The molecule has 1 aromatic rings. The van der Waals surface area contributed by atoms with Crippen LogP contribution in [0.5, 0.6) is 0 Å². The van der Waals surface area contributed by atoms with Crippen molar-refractivity contribution in [1.82, 2.24) is 9.47 Å². The topological polar surface area (TPSA) is 42.3 Å². The molecule has 0 bridgehead atoms. The summed E-state index contributed by atoms with van der Waals surface area (Å²) < 4.78 is 1.51. The first-order valence-electron chi connectivity index (χ1n) is 5.05. The van der Waals surface area contributed by atoms with Crippen molar-refractivity contribution in [3.63, 3.8) is 0 Å². The zero-order valence-corrected chi connectivity index (χ0v) is 9.92. The first kappa shape index (κ1) is 10.7. The average Bonchev–Trinajstić information content (AvgIpc) is 2.48. The van der Waals surface area contributed by atoms with Crippen molar-refractivity contribution < 1.29 is 4.79 Å². The van der Waals surface area contributed by atoms with Gasteiger partial charge in [0.1, 0.15) is 0 Å². The van der Waals surface area contributed by atoms with Gasteiger partial charge in [-0.05, 0) is 13.8 Å². The van der Waals surface area contributed by atoms with E-state index in [1.165, 1.54) is 9.47 Å². The molecule has 0 fully saturated rings. The molecule has 2 heterocycles. The van der Waals surface area contributed by atoms with E-state index in [0.29, 0.717) is 28.1 Å². The number of amides is 1. The van der Waals surface area contributed by atoms with Crippen LogP contribution < -0.4 is 5.56 Å². The van der Waals surface area contributed by atoms with E-state index in [1.54, 1.807) is 27.9 Å². The van der Waals surface area contributed by atoms with Gasteiger partial charge in [-0.3, -0.25) is 9.59 Å². The van der Waals surface area contributed by atoms with Crippen LogP contribution in [0, 0.1) is 13.8 Å². The molecule has 4 nitrogen and oxygen atoms in total. The summed E-state index contributed by atoms with van der Waals surface area (Å²) in [5, 5.41) is 0. The molecule has 84 valence electrons. The third kappa shape index (κ3) is 1.04. The highest BCUT2D eigenvalue weighted by molar-refractivity contribution is 6.09. The Balaban J connectivity index is 2.97. The Morgan fingerprint density at radius 2 is 1.62 bits per heavy atom. The zero-order chi connectivity index (χ0) is 12.2. The summed E-state index contributed by atoms with van der Waals surface area (Å²) in [5.41, 5.74) is 3.13. The molecule has 0 aliphatic carbocycles. The van der Waals surface area contributed by atoms with Gasteiger partial charge >= 0.3 is 0 Å². The van der Waals surface area contributed by atoms with Crippen molar-refractivity contribution in [2.24, 2.45) is 7.05 Å². The third-order valence-electron chi connectivity index (χ3n) is 3.33. The fraction of sp³-hybridized carbons (Fsp3) is 0.333. The van der Waals surface area contributed by atoms with Crippen LogP contribution in [-0.4, -0.2) is 22.4 Å². The first-order valence-corrected chi connectivity index (χ1v) is 5.05. The molecule has 0 unspecified atom stereocenters. The summed E-state index contributed by atoms with van der Waals surface area (Å²) in [4.78, 5) is 25.4. The van der Waals surface area contributed by atoms with E-state index in [-0.39, 0.29) is 11.5 Å². The number of hydrogen-bond donors (Lipinski definition) is 0. The zero-order valence-electron chi connectivity index (χ0n) is 9.92. The first-order chi connectivity index (χ1) is 7.37. The number of rotatable bonds is 0.